The van der Waals surface area contributed by atoms with Gasteiger partial charge < -0.3 is 10.3 Å². The molecule has 0 saturated heterocycles. The number of benzene rings is 2. The minimum atomic E-state index is -0.143. The van der Waals surface area contributed by atoms with Gasteiger partial charge in [0, 0.05) is 20.6 Å². The second kappa shape index (κ2) is 7.89. The zero-order valence-corrected chi connectivity index (χ0v) is 16.4. The number of nitrogens with zero attached hydrogens (tertiary/aromatic N) is 1. The van der Waals surface area contributed by atoms with Gasteiger partial charge in [0.15, 0.2) is 0 Å². The van der Waals surface area contributed by atoms with Crippen LogP contribution in [0.5, 0.6) is 0 Å². The van der Waals surface area contributed by atoms with Crippen molar-refractivity contribution in [3.8, 4) is 0 Å². The number of imidazole rings is 1. The van der Waals surface area contributed by atoms with E-state index < -0.39 is 0 Å². The molecule has 3 aromatic rings. The molecule has 0 aliphatic rings. The van der Waals surface area contributed by atoms with E-state index in [1.807, 2.05) is 36.6 Å². The SMILES string of the molecule is CC/C=C(\SC)c1nc2ccc(NC(=O)c3cccc(Br)c3)cc2[nH]1. The number of carbonyl (C=O) groups is 1. The van der Waals surface area contributed by atoms with Crippen LogP contribution in [0.2, 0.25) is 0 Å². The number of anilines is 1. The molecular weight excluding hydrogens is 398 g/mol. The molecule has 0 atom stereocenters. The van der Waals surface area contributed by atoms with Crippen LogP contribution in [-0.2, 0) is 0 Å². The van der Waals surface area contributed by atoms with Gasteiger partial charge in [-0.25, -0.2) is 4.98 Å². The fourth-order valence-electron chi connectivity index (χ4n) is 2.50. The van der Waals surface area contributed by atoms with Crippen LogP contribution in [0.15, 0.2) is 53.0 Å². The number of thioether (sulfide) groups is 1. The van der Waals surface area contributed by atoms with Gasteiger partial charge in [0.1, 0.15) is 5.82 Å². The maximum Gasteiger partial charge on any atom is 0.255 e. The zero-order chi connectivity index (χ0) is 17.8. The van der Waals surface area contributed by atoms with Gasteiger partial charge >= 0.3 is 0 Å². The van der Waals surface area contributed by atoms with Crippen molar-refractivity contribution in [3.63, 3.8) is 0 Å². The minimum Gasteiger partial charge on any atom is -0.337 e. The molecule has 2 N–H and O–H groups in total. The second-order valence-electron chi connectivity index (χ2n) is 5.46. The average molecular weight is 416 g/mol. The van der Waals surface area contributed by atoms with E-state index in [0.29, 0.717) is 5.56 Å². The number of rotatable bonds is 5. The molecule has 0 fully saturated rings. The third-order valence-corrected chi connectivity index (χ3v) is 4.96. The highest BCUT2D eigenvalue weighted by atomic mass is 79.9. The molecule has 0 unspecified atom stereocenters. The first-order valence-corrected chi connectivity index (χ1v) is 9.93. The van der Waals surface area contributed by atoms with E-state index in [4.69, 9.17) is 0 Å². The van der Waals surface area contributed by atoms with Crippen LogP contribution in [0, 0.1) is 0 Å². The van der Waals surface area contributed by atoms with Crippen LogP contribution in [0.1, 0.15) is 29.5 Å². The van der Waals surface area contributed by atoms with E-state index >= 15 is 0 Å². The molecule has 4 nitrogen and oxygen atoms in total. The van der Waals surface area contributed by atoms with Crippen molar-refractivity contribution in [1.29, 1.82) is 0 Å². The van der Waals surface area contributed by atoms with Crippen molar-refractivity contribution in [3.05, 3.63) is 64.4 Å². The first kappa shape index (κ1) is 17.8. The summed E-state index contributed by atoms with van der Waals surface area (Å²) in [5, 5.41) is 2.93. The summed E-state index contributed by atoms with van der Waals surface area (Å²) in [5.41, 5.74) is 3.12. The molecule has 1 aromatic heterocycles. The summed E-state index contributed by atoms with van der Waals surface area (Å²) in [4.78, 5) is 21.5. The molecule has 0 radical (unpaired) electrons. The van der Waals surface area contributed by atoms with Crippen LogP contribution in [-0.4, -0.2) is 22.1 Å². The zero-order valence-electron chi connectivity index (χ0n) is 14.0. The van der Waals surface area contributed by atoms with Crippen molar-refractivity contribution >= 4 is 55.2 Å². The Kier molecular flexibility index (Phi) is 5.60. The van der Waals surface area contributed by atoms with Gasteiger partial charge in [-0.2, -0.15) is 0 Å². The standard InChI is InChI=1S/C19H18BrN3OS/c1-3-5-17(25-2)18-22-15-9-8-14(11-16(15)23-18)21-19(24)12-6-4-7-13(20)10-12/h4-11H,3H2,1-2H3,(H,21,24)(H,22,23)/b17-5-. The van der Waals surface area contributed by atoms with Gasteiger partial charge in [0.2, 0.25) is 0 Å². The Morgan fingerprint density at radius 1 is 1.32 bits per heavy atom. The molecule has 1 heterocycles. The van der Waals surface area contributed by atoms with Crippen molar-refractivity contribution in [2.45, 2.75) is 13.3 Å². The van der Waals surface area contributed by atoms with Crippen molar-refractivity contribution in [1.82, 2.24) is 9.97 Å². The predicted molar refractivity (Wildman–Crippen MR) is 110 cm³/mol. The van der Waals surface area contributed by atoms with Gasteiger partial charge in [-0.3, -0.25) is 4.79 Å². The van der Waals surface area contributed by atoms with E-state index in [9.17, 15) is 4.79 Å². The number of nitrogens with one attached hydrogen (secondary N) is 2. The largest absolute Gasteiger partial charge is 0.337 e. The molecular formula is C19H18BrN3OS. The molecule has 0 aliphatic heterocycles. The number of carbonyl (C=O) groups excluding carboxylic acids is 1. The predicted octanol–water partition coefficient (Wildman–Crippen LogP) is 5.69. The average Bonchev–Trinajstić information content (AvgIpc) is 3.02. The van der Waals surface area contributed by atoms with E-state index in [1.54, 1.807) is 23.9 Å². The molecule has 0 saturated carbocycles. The lowest BCUT2D eigenvalue weighted by Gasteiger charge is -2.05. The number of H-pyrrole nitrogens is 1. The van der Waals surface area contributed by atoms with Crippen LogP contribution in [0.3, 0.4) is 0 Å². The molecule has 0 aliphatic carbocycles. The molecule has 25 heavy (non-hydrogen) atoms. The van der Waals surface area contributed by atoms with Gasteiger partial charge in [-0.1, -0.05) is 35.0 Å². The molecule has 6 heteroatoms. The fraction of sp³-hybridized carbons (Fsp3) is 0.158. The Morgan fingerprint density at radius 2 is 2.16 bits per heavy atom. The summed E-state index contributed by atoms with van der Waals surface area (Å²) in [6, 6.07) is 13.0. The number of hydrogen-bond acceptors (Lipinski definition) is 3. The summed E-state index contributed by atoms with van der Waals surface area (Å²) in [6.07, 6.45) is 5.15. The number of fused-ring (bicyclic) bond motifs is 1. The van der Waals surface area contributed by atoms with Crippen molar-refractivity contribution < 1.29 is 4.79 Å². The molecule has 0 bridgehead atoms. The monoisotopic (exact) mass is 415 g/mol. The highest BCUT2D eigenvalue weighted by molar-refractivity contribution is 9.10. The minimum absolute atomic E-state index is 0.143. The highest BCUT2D eigenvalue weighted by Gasteiger charge is 2.10. The Labute approximate surface area is 159 Å². The summed E-state index contributed by atoms with van der Waals surface area (Å²) in [5.74, 6) is 0.718. The number of hydrogen-bond donors (Lipinski definition) is 2. The number of halogens is 1. The quantitative estimate of drug-likeness (QED) is 0.562. The number of allylic oxidation sites excluding steroid dienone is 1. The normalized spacial score (nSPS) is 11.7. The van der Waals surface area contributed by atoms with Crippen molar-refractivity contribution in [2.75, 3.05) is 11.6 Å². The topological polar surface area (TPSA) is 57.8 Å². The van der Waals surface area contributed by atoms with E-state index in [0.717, 1.165) is 38.3 Å². The van der Waals surface area contributed by atoms with Crippen LogP contribution in [0.4, 0.5) is 5.69 Å². The van der Waals surface area contributed by atoms with E-state index in [1.165, 1.54) is 0 Å². The Hall–Kier alpha value is -2.05. The Morgan fingerprint density at radius 3 is 2.88 bits per heavy atom. The van der Waals surface area contributed by atoms with Crippen LogP contribution in [0.25, 0.3) is 15.9 Å². The van der Waals surface area contributed by atoms with Crippen LogP contribution >= 0.6 is 27.7 Å². The highest BCUT2D eigenvalue weighted by Crippen LogP contribution is 2.27. The molecule has 2 aromatic carbocycles. The molecule has 128 valence electrons. The van der Waals surface area contributed by atoms with Crippen molar-refractivity contribution in [2.24, 2.45) is 0 Å². The van der Waals surface area contributed by atoms with Crippen LogP contribution < -0.4 is 5.32 Å². The number of amides is 1. The van der Waals surface area contributed by atoms with E-state index in [-0.39, 0.29) is 5.91 Å². The second-order valence-corrected chi connectivity index (χ2v) is 7.23. The van der Waals surface area contributed by atoms with Gasteiger partial charge in [0.05, 0.1) is 11.0 Å². The van der Waals surface area contributed by atoms with Gasteiger partial charge in [0.25, 0.3) is 5.91 Å². The molecule has 0 spiro atoms. The Bertz CT molecular complexity index is 949. The summed E-state index contributed by atoms with van der Waals surface area (Å²) in [6.45, 7) is 2.11. The summed E-state index contributed by atoms with van der Waals surface area (Å²) in [7, 11) is 0. The fourth-order valence-corrected chi connectivity index (χ4v) is 3.52. The van der Waals surface area contributed by atoms with Gasteiger partial charge in [-0.15, -0.1) is 11.8 Å². The lowest BCUT2D eigenvalue weighted by atomic mass is 10.2. The third-order valence-electron chi connectivity index (χ3n) is 3.67. The smallest absolute Gasteiger partial charge is 0.255 e. The first-order chi connectivity index (χ1) is 12.1. The molecule has 1 amide bonds. The van der Waals surface area contributed by atoms with Gasteiger partial charge in [-0.05, 0) is 49.1 Å². The molecule has 3 rings (SSSR count). The lowest BCUT2D eigenvalue weighted by molar-refractivity contribution is 0.102. The lowest BCUT2D eigenvalue weighted by Crippen LogP contribution is -2.11. The Balaban J connectivity index is 1.86. The maximum absolute atomic E-state index is 12.4. The number of aromatic amines is 1. The summed E-state index contributed by atoms with van der Waals surface area (Å²) >= 11 is 5.05. The maximum atomic E-state index is 12.4. The first-order valence-electron chi connectivity index (χ1n) is 7.92. The van der Waals surface area contributed by atoms with E-state index in [2.05, 4.69) is 44.2 Å². The summed E-state index contributed by atoms with van der Waals surface area (Å²) < 4.78 is 0.876. The number of aromatic nitrogens is 2. The third kappa shape index (κ3) is 4.14.